The van der Waals surface area contributed by atoms with Gasteiger partial charge in [-0.2, -0.15) is 10.5 Å². The van der Waals surface area contributed by atoms with Crippen LogP contribution in [0.1, 0.15) is 20.3 Å². The summed E-state index contributed by atoms with van der Waals surface area (Å²) in [6, 6.07) is 3.97. The summed E-state index contributed by atoms with van der Waals surface area (Å²) in [5.41, 5.74) is -1.09. The second-order valence-corrected chi connectivity index (χ2v) is 3.47. The first-order valence-corrected chi connectivity index (χ1v) is 3.50. The van der Waals surface area contributed by atoms with Gasteiger partial charge in [0.15, 0.2) is 0 Å². The normalized spacial score (nSPS) is 28.7. The molecule has 3 nitrogen and oxygen atoms in total. The van der Waals surface area contributed by atoms with Crippen LogP contribution in [0.15, 0.2) is 0 Å². The van der Waals surface area contributed by atoms with E-state index >= 15 is 0 Å². The number of hydrogen-bond donors (Lipinski definition) is 0. The van der Waals surface area contributed by atoms with Gasteiger partial charge in [0, 0.05) is 6.42 Å². The summed E-state index contributed by atoms with van der Waals surface area (Å²) in [5.74, 6) is 0. The third-order valence-corrected chi connectivity index (χ3v) is 1.86. The molecule has 3 heteroatoms. The topological polar surface area (TPSA) is 60.1 Å². The van der Waals surface area contributed by atoms with Crippen molar-refractivity contribution in [2.24, 2.45) is 5.41 Å². The average molecular weight is 150 g/mol. The van der Waals surface area contributed by atoms with E-state index < -0.39 is 5.41 Å². The van der Waals surface area contributed by atoms with E-state index in [2.05, 4.69) is 0 Å². The molecule has 1 fully saturated rings. The van der Waals surface area contributed by atoms with Crippen molar-refractivity contribution in [2.75, 3.05) is 6.61 Å². The van der Waals surface area contributed by atoms with Gasteiger partial charge in [-0.1, -0.05) is 0 Å². The van der Waals surface area contributed by atoms with Gasteiger partial charge >= 0.3 is 0 Å². The Morgan fingerprint density at radius 2 is 2.00 bits per heavy atom. The zero-order valence-corrected chi connectivity index (χ0v) is 6.72. The molecule has 0 aromatic carbocycles. The smallest absolute Gasteiger partial charge is 0.143 e. The first-order chi connectivity index (χ1) is 5.04. The molecule has 1 aliphatic heterocycles. The van der Waals surface area contributed by atoms with Gasteiger partial charge in [-0.3, -0.25) is 0 Å². The van der Waals surface area contributed by atoms with Crippen LogP contribution in [0.2, 0.25) is 0 Å². The Morgan fingerprint density at radius 1 is 1.55 bits per heavy atom. The molecule has 0 spiro atoms. The molecule has 0 aromatic heterocycles. The number of ether oxygens (including phenoxy) is 1. The number of hydrogen-bond acceptors (Lipinski definition) is 3. The summed E-state index contributed by atoms with van der Waals surface area (Å²) < 4.78 is 5.09. The van der Waals surface area contributed by atoms with E-state index in [0.29, 0.717) is 13.0 Å². The Bertz CT molecular complexity index is 228. The van der Waals surface area contributed by atoms with Crippen molar-refractivity contribution < 1.29 is 4.74 Å². The van der Waals surface area contributed by atoms with E-state index in [4.69, 9.17) is 15.3 Å². The predicted molar refractivity (Wildman–Crippen MR) is 38.3 cm³/mol. The molecule has 0 aliphatic carbocycles. The summed E-state index contributed by atoms with van der Waals surface area (Å²) in [6.45, 7) is 4.23. The summed E-state index contributed by atoms with van der Waals surface area (Å²) in [7, 11) is 0. The van der Waals surface area contributed by atoms with Crippen LogP contribution in [-0.2, 0) is 4.74 Å². The lowest BCUT2D eigenvalue weighted by molar-refractivity contribution is 0.271. The molecule has 58 valence electrons. The minimum absolute atomic E-state index is 0.208. The quantitative estimate of drug-likeness (QED) is 0.556. The van der Waals surface area contributed by atoms with E-state index in [9.17, 15) is 0 Å². The maximum absolute atomic E-state index is 8.65. The zero-order chi connectivity index (χ0) is 8.54. The molecule has 1 rings (SSSR count). The minimum Gasteiger partial charge on any atom is -0.370 e. The molecule has 0 amide bonds. The SMILES string of the molecule is CC(C#N)(C#N)CC1(C)CO1. The largest absolute Gasteiger partial charge is 0.370 e. The molecule has 1 atom stereocenters. The Labute approximate surface area is 66.2 Å². The van der Waals surface area contributed by atoms with Crippen molar-refractivity contribution in [1.29, 1.82) is 10.5 Å². The molecule has 0 saturated carbocycles. The molecule has 0 bridgehead atoms. The lowest BCUT2D eigenvalue weighted by Crippen LogP contribution is -2.20. The fraction of sp³-hybridized carbons (Fsp3) is 0.750. The summed E-state index contributed by atoms with van der Waals surface area (Å²) >= 11 is 0. The van der Waals surface area contributed by atoms with Crippen LogP contribution in [0.25, 0.3) is 0 Å². The van der Waals surface area contributed by atoms with Crippen molar-refractivity contribution in [1.82, 2.24) is 0 Å². The second kappa shape index (κ2) is 2.22. The van der Waals surface area contributed by atoms with Gasteiger partial charge in [0.05, 0.1) is 24.3 Å². The third kappa shape index (κ3) is 1.69. The van der Waals surface area contributed by atoms with Crippen molar-refractivity contribution in [3.8, 4) is 12.1 Å². The lowest BCUT2D eigenvalue weighted by atomic mass is 9.84. The second-order valence-electron chi connectivity index (χ2n) is 3.47. The fourth-order valence-electron chi connectivity index (χ4n) is 1.08. The van der Waals surface area contributed by atoms with Gasteiger partial charge in [-0.25, -0.2) is 0 Å². The molecule has 0 radical (unpaired) electrons. The third-order valence-electron chi connectivity index (χ3n) is 1.86. The first kappa shape index (κ1) is 8.04. The minimum atomic E-state index is -0.884. The number of rotatable bonds is 2. The maximum Gasteiger partial charge on any atom is 0.143 e. The molecule has 11 heavy (non-hydrogen) atoms. The molecule has 1 heterocycles. The van der Waals surface area contributed by atoms with Gasteiger partial charge in [-0.15, -0.1) is 0 Å². The van der Waals surface area contributed by atoms with Crippen LogP contribution in [-0.4, -0.2) is 12.2 Å². The molecule has 1 saturated heterocycles. The number of nitrogens with zero attached hydrogens (tertiary/aromatic N) is 2. The van der Waals surface area contributed by atoms with Crippen molar-refractivity contribution in [3.05, 3.63) is 0 Å². The van der Waals surface area contributed by atoms with Gasteiger partial charge in [0.25, 0.3) is 0 Å². The number of epoxide rings is 1. The van der Waals surface area contributed by atoms with E-state index in [0.717, 1.165) is 0 Å². The van der Waals surface area contributed by atoms with Crippen molar-refractivity contribution in [2.45, 2.75) is 25.9 Å². The van der Waals surface area contributed by atoms with Crippen LogP contribution < -0.4 is 0 Å². The molecule has 0 N–H and O–H groups in total. The van der Waals surface area contributed by atoms with Crippen LogP contribution in [0.3, 0.4) is 0 Å². The zero-order valence-electron chi connectivity index (χ0n) is 6.72. The highest BCUT2D eigenvalue weighted by Gasteiger charge is 2.45. The van der Waals surface area contributed by atoms with E-state index in [1.165, 1.54) is 0 Å². The first-order valence-electron chi connectivity index (χ1n) is 3.50. The van der Waals surface area contributed by atoms with Crippen LogP contribution in [0.4, 0.5) is 0 Å². The highest BCUT2D eigenvalue weighted by atomic mass is 16.6. The van der Waals surface area contributed by atoms with Gasteiger partial charge in [-0.05, 0) is 13.8 Å². The molecular formula is C8H10N2O. The van der Waals surface area contributed by atoms with Crippen LogP contribution in [0, 0.1) is 28.1 Å². The summed E-state index contributed by atoms with van der Waals surface area (Å²) in [5, 5.41) is 17.3. The number of nitriles is 2. The Morgan fingerprint density at radius 3 is 2.27 bits per heavy atom. The molecule has 1 unspecified atom stereocenters. The predicted octanol–water partition coefficient (Wildman–Crippen LogP) is 1.22. The van der Waals surface area contributed by atoms with E-state index in [-0.39, 0.29) is 5.60 Å². The summed E-state index contributed by atoms with van der Waals surface area (Å²) in [6.07, 6.45) is 0.507. The Kier molecular flexibility index (Phi) is 1.62. The van der Waals surface area contributed by atoms with E-state index in [1.807, 2.05) is 19.1 Å². The van der Waals surface area contributed by atoms with Crippen LogP contribution >= 0.6 is 0 Å². The van der Waals surface area contributed by atoms with Crippen molar-refractivity contribution >= 4 is 0 Å². The highest BCUT2D eigenvalue weighted by Crippen LogP contribution is 2.38. The fourth-order valence-corrected chi connectivity index (χ4v) is 1.08. The maximum atomic E-state index is 8.65. The van der Waals surface area contributed by atoms with Crippen LogP contribution in [0.5, 0.6) is 0 Å². The van der Waals surface area contributed by atoms with Gasteiger partial charge in [0.2, 0.25) is 0 Å². The molecule has 1 aliphatic rings. The van der Waals surface area contributed by atoms with Gasteiger partial charge < -0.3 is 4.74 Å². The molecule has 0 aromatic rings. The van der Waals surface area contributed by atoms with Gasteiger partial charge in [0.1, 0.15) is 5.41 Å². The lowest BCUT2D eigenvalue weighted by Gasteiger charge is -2.13. The highest BCUT2D eigenvalue weighted by molar-refractivity contribution is 5.14. The Balaban J connectivity index is 2.61. The standard InChI is InChI=1S/C8H10N2O/c1-7(4-9,5-10)3-8(2)6-11-8/h3,6H2,1-2H3. The average Bonchev–Trinajstić information content (AvgIpc) is 2.68. The van der Waals surface area contributed by atoms with E-state index in [1.54, 1.807) is 6.92 Å². The monoisotopic (exact) mass is 150 g/mol. The summed E-state index contributed by atoms with van der Waals surface area (Å²) in [4.78, 5) is 0. The van der Waals surface area contributed by atoms with Crippen molar-refractivity contribution in [3.63, 3.8) is 0 Å². The Hall–Kier alpha value is -1.06. The molecular weight excluding hydrogens is 140 g/mol.